The van der Waals surface area contributed by atoms with Crippen molar-refractivity contribution in [3.8, 4) is 11.5 Å². The van der Waals surface area contributed by atoms with Gasteiger partial charge in [-0.2, -0.15) is 11.8 Å². The van der Waals surface area contributed by atoms with Crippen molar-refractivity contribution in [1.29, 1.82) is 0 Å². The topological polar surface area (TPSA) is 30.5 Å². The maximum Gasteiger partial charge on any atom is 0.161 e. The number of hydrogen-bond donors (Lipinski definition) is 1. The second-order valence-corrected chi connectivity index (χ2v) is 4.99. The largest absolute Gasteiger partial charge is 0.486 e. The van der Waals surface area contributed by atoms with Crippen molar-refractivity contribution >= 4 is 11.8 Å². The molecule has 0 atom stereocenters. The van der Waals surface area contributed by atoms with Gasteiger partial charge in [0, 0.05) is 6.54 Å². The van der Waals surface area contributed by atoms with Gasteiger partial charge in [-0.3, -0.25) is 0 Å². The lowest BCUT2D eigenvalue weighted by Crippen LogP contribution is -2.17. The van der Waals surface area contributed by atoms with E-state index in [0.717, 1.165) is 24.6 Å². The van der Waals surface area contributed by atoms with Crippen molar-refractivity contribution in [2.75, 3.05) is 31.8 Å². The monoisotopic (exact) mass is 253 g/mol. The summed E-state index contributed by atoms with van der Waals surface area (Å²) in [5.41, 5.74) is 1.25. The van der Waals surface area contributed by atoms with E-state index in [0.29, 0.717) is 13.2 Å². The third-order valence-corrected chi connectivity index (χ3v) is 3.33. The quantitative estimate of drug-likeness (QED) is 0.788. The van der Waals surface area contributed by atoms with Crippen LogP contribution in [-0.2, 0) is 6.54 Å². The van der Waals surface area contributed by atoms with Crippen molar-refractivity contribution in [2.45, 2.75) is 13.0 Å². The van der Waals surface area contributed by atoms with E-state index in [2.05, 4.69) is 23.7 Å². The van der Waals surface area contributed by atoms with E-state index in [-0.39, 0.29) is 0 Å². The first-order chi connectivity index (χ1) is 8.40. The molecule has 0 radical (unpaired) electrons. The van der Waals surface area contributed by atoms with Crippen LogP contribution in [0.1, 0.15) is 12.0 Å². The molecule has 0 unspecified atom stereocenters. The summed E-state index contributed by atoms with van der Waals surface area (Å²) < 4.78 is 11.0. The second kappa shape index (κ2) is 6.77. The molecule has 0 aromatic heterocycles. The van der Waals surface area contributed by atoms with Gasteiger partial charge in [-0.25, -0.2) is 0 Å². The predicted molar refractivity (Wildman–Crippen MR) is 72.1 cm³/mol. The molecule has 1 aromatic rings. The highest BCUT2D eigenvalue weighted by molar-refractivity contribution is 7.98. The zero-order valence-electron chi connectivity index (χ0n) is 10.2. The second-order valence-electron chi connectivity index (χ2n) is 4.00. The molecule has 0 amide bonds. The van der Waals surface area contributed by atoms with E-state index in [1.165, 1.54) is 17.7 Å². The third-order valence-electron chi connectivity index (χ3n) is 2.64. The lowest BCUT2D eigenvalue weighted by Gasteiger charge is -2.18. The first-order valence-corrected chi connectivity index (χ1v) is 7.38. The number of thioether (sulfide) groups is 1. The lowest BCUT2D eigenvalue weighted by atomic mass is 10.2. The van der Waals surface area contributed by atoms with Gasteiger partial charge < -0.3 is 14.8 Å². The Labute approximate surface area is 107 Å². The van der Waals surface area contributed by atoms with Gasteiger partial charge in [0.05, 0.1) is 0 Å². The number of benzene rings is 1. The highest BCUT2D eigenvalue weighted by Crippen LogP contribution is 2.30. The Hall–Kier alpha value is -0.870. The average molecular weight is 253 g/mol. The van der Waals surface area contributed by atoms with Crippen LogP contribution in [0.2, 0.25) is 0 Å². The maximum atomic E-state index is 5.55. The number of hydrogen-bond acceptors (Lipinski definition) is 4. The van der Waals surface area contributed by atoms with Crippen molar-refractivity contribution in [2.24, 2.45) is 0 Å². The van der Waals surface area contributed by atoms with Crippen LogP contribution in [0.25, 0.3) is 0 Å². The van der Waals surface area contributed by atoms with Gasteiger partial charge in [-0.05, 0) is 42.7 Å². The van der Waals surface area contributed by atoms with Crippen molar-refractivity contribution in [1.82, 2.24) is 5.32 Å². The van der Waals surface area contributed by atoms with Crippen LogP contribution in [0, 0.1) is 0 Å². The summed E-state index contributed by atoms with van der Waals surface area (Å²) in [6.45, 7) is 3.26. The predicted octanol–water partition coefficient (Wildman–Crippen LogP) is 2.30. The van der Waals surface area contributed by atoms with Crippen molar-refractivity contribution < 1.29 is 9.47 Å². The van der Waals surface area contributed by atoms with E-state index < -0.39 is 0 Å². The molecule has 0 saturated carbocycles. The third kappa shape index (κ3) is 3.82. The Balaban J connectivity index is 1.81. The standard InChI is InChI=1S/C13H19NO2S/c1-17-8-2-5-14-10-11-3-4-12-13(9-11)16-7-6-15-12/h3-4,9,14H,2,5-8,10H2,1H3. The molecule has 0 bridgehead atoms. The fourth-order valence-electron chi connectivity index (χ4n) is 1.77. The van der Waals surface area contributed by atoms with Gasteiger partial charge in [0.15, 0.2) is 11.5 Å². The van der Waals surface area contributed by atoms with Gasteiger partial charge in [-0.15, -0.1) is 0 Å². The van der Waals surface area contributed by atoms with E-state index in [4.69, 9.17) is 9.47 Å². The number of ether oxygens (including phenoxy) is 2. The Morgan fingerprint density at radius 3 is 2.88 bits per heavy atom. The smallest absolute Gasteiger partial charge is 0.161 e. The molecule has 0 fully saturated rings. The fourth-order valence-corrected chi connectivity index (χ4v) is 2.20. The summed E-state index contributed by atoms with van der Waals surface area (Å²) in [5.74, 6) is 2.95. The van der Waals surface area contributed by atoms with Gasteiger partial charge in [0.1, 0.15) is 13.2 Å². The van der Waals surface area contributed by atoms with Crippen molar-refractivity contribution in [3.63, 3.8) is 0 Å². The van der Waals surface area contributed by atoms with Gasteiger partial charge in [0.2, 0.25) is 0 Å². The molecular weight excluding hydrogens is 234 g/mol. The fraction of sp³-hybridized carbons (Fsp3) is 0.538. The number of nitrogens with one attached hydrogen (secondary N) is 1. The molecule has 0 saturated heterocycles. The summed E-state index contributed by atoms with van der Waals surface area (Å²) in [6.07, 6.45) is 3.35. The molecule has 4 heteroatoms. The summed E-state index contributed by atoms with van der Waals surface area (Å²) in [5, 5.41) is 3.43. The van der Waals surface area contributed by atoms with Crippen molar-refractivity contribution in [3.05, 3.63) is 23.8 Å². The zero-order chi connectivity index (χ0) is 11.9. The molecule has 94 valence electrons. The van der Waals surface area contributed by atoms with Crippen LogP contribution in [0.4, 0.5) is 0 Å². The molecule has 0 spiro atoms. The molecular formula is C13H19NO2S. The Morgan fingerprint density at radius 2 is 2.06 bits per heavy atom. The minimum absolute atomic E-state index is 0.650. The first kappa shape index (κ1) is 12.6. The normalized spacial score (nSPS) is 13.7. The summed E-state index contributed by atoms with van der Waals surface area (Å²) >= 11 is 1.89. The Morgan fingerprint density at radius 1 is 1.24 bits per heavy atom. The highest BCUT2D eigenvalue weighted by atomic mass is 32.2. The lowest BCUT2D eigenvalue weighted by molar-refractivity contribution is 0.171. The van der Waals surface area contributed by atoms with E-state index in [9.17, 15) is 0 Å². The summed E-state index contributed by atoms with van der Waals surface area (Å²) in [7, 11) is 0. The molecule has 1 aliphatic rings. The first-order valence-electron chi connectivity index (χ1n) is 5.98. The molecule has 1 aromatic carbocycles. The van der Waals surface area contributed by atoms with E-state index in [1.54, 1.807) is 0 Å². The SMILES string of the molecule is CSCCCNCc1ccc2c(c1)OCCO2. The number of fused-ring (bicyclic) bond motifs is 1. The van der Waals surface area contributed by atoms with Crippen LogP contribution in [0.5, 0.6) is 11.5 Å². The molecule has 1 N–H and O–H groups in total. The van der Waals surface area contributed by atoms with Gasteiger partial charge in [-0.1, -0.05) is 6.07 Å². The number of rotatable bonds is 6. The molecule has 1 aliphatic heterocycles. The Kier molecular flexibility index (Phi) is 5.01. The average Bonchev–Trinajstić information content (AvgIpc) is 2.38. The van der Waals surface area contributed by atoms with E-state index >= 15 is 0 Å². The molecule has 0 aliphatic carbocycles. The maximum absolute atomic E-state index is 5.55. The minimum Gasteiger partial charge on any atom is -0.486 e. The van der Waals surface area contributed by atoms with Crippen LogP contribution in [0.3, 0.4) is 0 Å². The molecule has 2 rings (SSSR count). The van der Waals surface area contributed by atoms with Crippen LogP contribution in [-0.4, -0.2) is 31.8 Å². The molecule has 17 heavy (non-hydrogen) atoms. The van der Waals surface area contributed by atoms with Gasteiger partial charge >= 0.3 is 0 Å². The summed E-state index contributed by atoms with van der Waals surface area (Å²) in [4.78, 5) is 0. The molecule has 1 heterocycles. The zero-order valence-corrected chi connectivity index (χ0v) is 11.0. The summed E-state index contributed by atoms with van der Waals surface area (Å²) in [6, 6.07) is 6.15. The van der Waals surface area contributed by atoms with Crippen LogP contribution in [0.15, 0.2) is 18.2 Å². The molecule has 3 nitrogen and oxygen atoms in total. The van der Waals surface area contributed by atoms with Crippen LogP contribution < -0.4 is 14.8 Å². The van der Waals surface area contributed by atoms with E-state index in [1.807, 2.05) is 17.8 Å². The highest BCUT2D eigenvalue weighted by Gasteiger charge is 2.11. The Bertz CT molecular complexity index is 357. The van der Waals surface area contributed by atoms with Gasteiger partial charge in [0.25, 0.3) is 0 Å². The minimum atomic E-state index is 0.650. The van der Waals surface area contributed by atoms with Crippen LogP contribution >= 0.6 is 11.8 Å².